The number of unbranched alkanes of at least 4 members (excludes halogenated alkanes) is 2. The summed E-state index contributed by atoms with van der Waals surface area (Å²) < 4.78 is 0. The first-order chi connectivity index (χ1) is 10.0. The Bertz CT molecular complexity index is 449. The zero-order valence-electron chi connectivity index (χ0n) is 13.4. The van der Waals surface area contributed by atoms with Gasteiger partial charge in [-0.05, 0) is 44.3 Å². The summed E-state index contributed by atoms with van der Waals surface area (Å²) in [6, 6.07) is 6.86. The molecular formula is C18H27NO2. The van der Waals surface area contributed by atoms with Crippen molar-refractivity contribution in [2.75, 3.05) is 20.6 Å². The Kier molecular flexibility index (Phi) is 7.76. The van der Waals surface area contributed by atoms with Crippen LogP contribution in [-0.4, -0.2) is 36.4 Å². The molecule has 0 aliphatic rings. The van der Waals surface area contributed by atoms with Gasteiger partial charge in [0.15, 0.2) is 5.78 Å². The lowest BCUT2D eigenvalue weighted by Gasteiger charge is -2.18. The zero-order chi connectivity index (χ0) is 15.7. The number of carbonyl (C=O) groups excluding carboxylic acids is 1. The number of hydrogen-bond donors (Lipinski definition) is 1. The van der Waals surface area contributed by atoms with Crippen molar-refractivity contribution in [3.05, 3.63) is 35.9 Å². The highest BCUT2D eigenvalue weighted by atomic mass is 16.3. The van der Waals surface area contributed by atoms with Crippen LogP contribution in [0.5, 0.6) is 5.75 Å². The van der Waals surface area contributed by atoms with E-state index in [0.29, 0.717) is 0 Å². The number of rotatable bonds is 9. The fourth-order valence-electron chi connectivity index (χ4n) is 2.30. The SMILES string of the molecule is CCCCC[C@H](CN(C)C)C(=O)/C=C/c1ccc(O)cc1. The summed E-state index contributed by atoms with van der Waals surface area (Å²) in [6.45, 7) is 2.97. The molecule has 0 saturated carbocycles. The van der Waals surface area contributed by atoms with Gasteiger partial charge in [-0.1, -0.05) is 44.4 Å². The van der Waals surface area contributed by atoms with Crippen LogP contribution in [0.15, 0.2) is 30.3 Å². The highest BCUT2D eigenvalue weighted by Gasteiger charge is 2.16. The third-order valence-electron chi connectivity index (χ3n) is 3.48. The van der Waals surface area contributed by atoms with E-state index in [1.165, 1.54) is 12.8 Å². The first kappa shape index (κ1) is 17.4. The highest BCUT2D eigenvalue weighted by Crippen LogP contribution is 2.15. The number of benzene rings is 1. The van der Waals surface area contributed by atoms with Crippen LogP contribution < -0.4 is 0 Å². The third-order valence-corrected chi connectivity index (χ3v) is 3.48. The molecule has 3 nitrogen and oxygen atoms in total. The predicted octanol–water partition coefficient (Wildman–Crippen LogP) is 3.73. The van der Waals surface area contributed by atoms with E-state index in [2.05, 4.69) is 11.8 Å². The predicted molar refractivity (Wildman–Crippen MR) is 88.3 cm³/mol. The Morgan fingerprint density at radius 2 is 1.90 bits per heavy atom. The number of allylic oxidation sites excluding steroid dienone is 1. The molecule has 0 bridgehead atoms. The van der Waals surface area contributed by atoms with Gasteiger partial charge >= 0.3 is 0 Å². The average molecular weight is 289 g/mol. The number of ketones is 1. The number of phenolic OH excluding ortho intramolecular Hbond substituents is 1. The van der Waals surface area contributed by atoms with E-state index in [-0.39, 0.29) is 17.5 Å². The number of nitrogens with zero attached hydrogens (tertiary/aromatic N) is 1. The van der Waals surface area contributed by atoms with Crippen LogP contribution in [0, 0.1) is 5.92 Å². The maximum atomic E-state index is 12.4. The Morgan fingerprint density at radius 3 is 2.48 bits per heavy atom. The first-order valence-electron chi connectivity index (χ1n) is 7.68. The lowest BCUT2D eigenvalue weighted by atomic mass is 9.95. The van der Waals surface area contributed by atoms with Crippen LogP contribution in [0.4, 0.5) is 0 Å². The molecule has 3 heteroatoms. The van der Waals surface area contributed by atoms with Crippen molar-refractivity contribution in [3.8, 4) is 5.75 Å². The monoisotopic (exact) mass is 289 g/mol. The van der Waals surface area contributed by atoms with Crippen LogP contribution in [0.3, 0.4) is 0 Å². The Hall–Kier alpha value is -1.61. The van der Waals surface area contributed by atoms with Crippen LogP contribution >= 0.6 is 0 Å². The molecular weight excluding hydrogens is 262 g/mol. The smallest absolute Gasteiger partial charge is 0.160 e. The van der Waals surface area contributed by atoms with Crippen LogP contribution in [0.1, 0.15) is 38.2 Å². The second-order valence-corrected chi connectivity index (χ2v) is 5.78. The van der Waals surface area contributed by atoms with Crippen molar-refractivity contribution < 1.29 is 9.90 Å². The van der Waals surface area contributed by atoms with Gasteiger partial charge in [0.1, 0.15) is 5.75 Å². The Balaban J connectivity index is 2.63. The fourth-order valence-corrected chi connectivity index (χ4v) is 2.30. The molecule has 0 radical (unpaired) electrons. The molecule has 0 fully saturated rings. The number of carbonyl (C=O) groups is 1. The molecule has 0 heterocycles. The van der Waals surface area contributed by atoms with E-state index >= 15 is 0 Å². The lowest BCUT2D eigenvalue weighted by molar-refractivity contribution is -0.118. The highest BCUT2D eigenvalue weighted by molar-refractivity contribution is 5.95. The van der Waals surface area contributed by atoms with Crippen molar-refractivity contribution in [3.63, 3.8) is 0 Å². The van der Waals surface area contributed by atoms with Gasteiger partial charge in [0.05, 0.1) is 0 Å². The van der Waals surface area contributed by atoms with Crippen molar-refractivity contribution in [1.82, 2.24) is 4.90 Å². The van der Waals surface area contributed by atoms with Gasteiger partial charge in [-0.3, -0.25) is 4.79 Å². The first-order valence-corrected chi connectivity index (χ1v) is 7.68. The molecule has 21 heavy (non-hydrogen) atoms. The van der Waals surface area contributed by atoms with Crippen molar-refractivity contribution in [2.24, 2.45) is 5.92 Å². The average Bonchev–Trinajstić information content (AvgIpc) is 2.45. The molecule has 1 aromatic carbocycles. The molecule has 0 aliphatic carbocycles. The van der Waals surface area contributed by atoms with Gasteiger partial charge in [-0.25, -0.2) is 0 Å². The molecule has 1 atom stereocenters. The number of phenols is 1. The fraction of sp³-hybridized carbons (Fsp3) is 0.500. The van der Waals surface area contributed by atoms with E-state index in [1.807, 2.05) is 20.2 Å². The van der Waals surface area contributed by atoms with E-state index in [4.69, 9.17) is 0 Å². The van der Waals surface area contributed by atoms with Crippen molar-refractivity contribution >= 4 is 11.9 Å². The van der Waals surface area contributed by atoms with E-state index in [9.17, 15) is 9.90 Å². The summed E-state index contributed by atoms with van der Waals surface area (Å²) >= 11 is 0. The maximum Gasteiger partial charge on any atom is 0.160 e. The van der Waals surface area contributed by atoms with E-state index in [0.717, 1.165) is 24.9 Å². The van der Waals surface area contributed by atoms with Crippen molar-refractivity contribution in [2.45, 2.75) is 32.6 Å². The van der Waals surface area contributed by atoms with Gasteiger partial charge in [-0.2, -0.15) is 0 Å². The standard InChI is InChI=1S/C18H27NO2/c1-4-5-6-7-16(14-19(2)3)18(21)13-10-15-8-11-17(20)12-9-15/h8-13,16,20H,4-7,14H2,1-3H3/b13-10+/t16-/m1/s1. The molecule has 116 valence electrons. The summed E-state index contributed by atoms with van der Waals surface area (Å²) in [6.07, 6.45) is 7.90. The maximum absolute atomic E-state index is 12.4. The largest absolute Gasteiger partial charge is 0.508 e. The molecule has 0 aromatic heterocycles. The summed E-state index contributed by atoms with van der Waals surface area (Å²) in [7, 11) is 4.01. The van der Waals surface area contributed by atoms with Crippen molar-refractivity contribution in [1.29, 1.82) is 0 Å². The summed E-state index contributed by atoms with van der Waals surface area (Å²) in [5.74, 6) is 0.497. The van der Waals surface area contributed by atoms with Crippen LogP contribution in [0.25, 0.3) is 6.08 Å². The van der Waals surface area contributed by atoms with E-state index in [1.54, 1.807) is 30.3 Å². The minimum absolute atomic E-state index is 0.0694. The second kappa shape index (κ2) is 9.35. The molecule has 0 unspecified atom stereocenters. The van der Waals surface area contributed by atoms with Gasteiger partial charge in [0.2, 0.25) is 0 Å². The molecule has 0 spiro atoms. The molecule has 0 amide bonds. The molecule has 1 N–H and O–H groups in total. The minimum Gasteiger partial charge on any atom is -0.508 e. The molecule has 0 saturated heterocycles. The number of aromatic hydroxyl groups is 1. The van der Waals surface area contributed by atoms with Crippen LogP contribution in [-0.2, 0) is 4.79 Å². The quantitative estimate of drug-likeness (QED) is 0.556. The van der Waals surface area contributed by atoms with Gasteiger partial charge in [0.25, 0.3) is 0 Å². The molecule has 1 rings (SSSR count). The normalized spacial score (nSPS) is 13.0. The van der Waals surface area contributed by atoms with E-state index < -0.39 is 0 Å². The summed E-state index contributed by atoms with van der Waals surface area (Å²) in [4.78, 5) is 14.4. The Morgan fingerprint density at radius 1 is 1.24 bits per heavy atom. The number of hydrogen-bond acceptors (Lipinski definition) is 3. The zero-order valence-corrected chi connectivity index (χ0v) is 13.4. The topological polar surface area (TPSA) is 40.5 Å². The Labute approximate surface area is 128 Å². The van der Waals surface area contributed by atoms with Gasteiger partial charge in [0, 0.05) is 12.5 Å². The minimum atomic E-state index is 0.0694. The van der Waals surface area contributed by atoms with Gasteiger partial charge < -0.3 is 10.0 Å². The molecule has 1 aromatic rings. The summed E-state index contributed by atoms with van der Waals surface area (Å²) in [5.41, 5.74) is 0.929. The lowest BCUT2D eigenvalue weighted by Crippen LogP contribution is -2.27. The second-order valence-electron chi connectivity index (χ2n) is 5.78. The summed E-state index contributed by atoms with van der Waals surface area (Å²) in [5, 5.41) is 9.25. The molecule has 0 aliphatic heterocycles. The van der Waals surface area contributed by atoms with Crippen LogP contribution in [0.2, 0.25) is 0 Å². The van der Waals surface area contributed by atoms with Gasteiger partial charge in [-0.15, -0.1) is 0 Å². The third kappa shape index (κ3) is 7.09.